The molecule has 0 atom stereocenters. The van der Waals surface area contributed by atoms with Gasteiger partial charge < -0.3 is 19.5 Å². The van der Waals surface area contributed by atoms with Gasteiger partial charge in [0.15, 0.2) is 0 Å². The monoisotopic (exact) mass is 423 g/mol. The molecule has 0 heterocycles. The largest absolute Gasteiger partial charge is 0.496 e. The van der Waals surface area contributed by atoms with Gasteiger partial charge in [0.05, 0.1) is 24.2 Å². The lowest BCUT2D eigenvalue weighted by Crippen LogP contribution is -2.18. The molecule has 2 amide bonds. The van der Waals surface area contributed by atoms with Gasteiger partial charge in [0.1, 0.15) is 12.4 Å². The van der Waals surface area contributed by atoms with Crippen LogP contribution in [-0.4, -0.2) is 47.9 Å². The van der Waals surface area contributed by atoms with Crippen molar-refractivity contribution in [2.24, 2.45) is 5.14 Å². The zero-order valence-electron chi connectivity index (χ0n) is 15.8. The van der Waals surface area contributed by atoms with Crippen LogP contribution in [0.15, 0.2) is 47.4 Å². The fraction of sp³-hybridized carbons (Fsp3) is 0.222. The first kappa shape index (κ1) is 22.1. The first-order chi connectivity index (χ1) is 13.7. The maximum Gasteiger partial charge on any atom is 0.411 e. The standard InChI is InChI=1S/C18H21N3O7S/c1-26-8-9-28-18(23)21-13-5-3-4-12(10-13)20-17(22)15-11-14(29(19,24)25)6-7-16(15)27-2/h3-7,10-11H,8-9H2,1-2H3,(H,20,22)(H,21,23)(H2,19,24,25). The van der Waals surface area contributed by atoms with Crippen molar-refractivity contribution in [1.82, 2.24) is 0 Å². The summed E-state index contributed by atoms with van der Waals surface area (Å²) >= 11 is 0. The first-order valence-electron chi connectivity index (χ1n) is 8.29. The van der Waals surface area contributed by atoms with E-state index < -0.39 is 22.0 Å². The topological polar surface area (TPSA) is 146 Å². The number of sulfonamides is 1. The van der Waals surface area contributed by atoms with Crippen molar-refractivity contribution in [2.75, 3.05) is 38.1 Å². The van der Waals surface area contributed by atoms with Crippen molar-refractivity contribution >= 4 is 33.4 Å². The van der Waals surface area contributed by atoms with Gasteiger partial charge in [-0.1, -0.05) is 6.07 Å². The van der Waals surface area contributed by atoms with Crippen LogP contribution in [0.5, 0.6) is 5.75 Å². The van der Waals surface area contributed by atoms with Crippen LogP contribution < -0.4 is 20.5 Å². The van der Waals surface area contributed by atoms with Gasteiger partial charge in [-0.05, 0) is 36.4 Å². The number of carbonyl (C=O) groups excluding carboxylic acids is 2. The average molecular weight is 423 g/mol. The lowest BCUT2D eigenvalue weighted by Gasteiger charge is -2.12. The molecule has 11 heteroatoms. The fourth-order valence-corrected chi connectivity index (χ4v) is 2.83. The number of carbonyl (C=O) groups is 2. The summed E-state index contributed by atoms with van der Waals surface area (Å²) in [4.78, 5) is 24.1. The molecule has 0 aliphatic heterocycles. The molecule has 29 heavy (non-hydrogen) atoms. The number of rotatable bonds is 8. The Hall–Kier alpha value is -3.15. The summed E-state index contributed by atoms with van der Waals surface area (Å²) in [6, 6.07) is 10.0. The van der Waals surface area contributed by atoms with Gasteiger partial charge in [-0.25, -0.2) is 18.4 Å². The molecule has 156 valence electrons. The molecule has 0 spiro atoms. The summed E-state index contributed by atoms with van der Waals surface area (Å²) in [6.07, 6.45) is -0.673. The molecular formula is C18H21N3O7S. The SMILES string of the molecule is COCCOC(=O)Nc1cccc(NC(=O)c2cc(S(N)(=O)=O)ccc2OC)c1. The maximum atomic E-state index is 12.6. The van der Waals surface area contributed by atoms with E-state index >= 15 is 0 Å². The quantitative estimate of drug-likeness (QED) is 0.549. The number of ether oxygens (including phenoxy) is 3. The molecule has 0 aliphatic carbocycles. The zero-order chi connectivity index (χ0) is 21.4. The molecule has 0 saturated heterocycles. The van der Waals surface area contributed by atoms with Gasteiger partial charge in [0.25, 0.3) is 5.91 Å². The number of nitrogens with one attached hydrogen (secondary N) is 2. The van der Waals surface area contributed by atoms with Crippen LogP contribution in [-0.2, 0) is 19.5 Å². The summed E-state index contributed by atoms with van der Waals surface area (Å²) in [7, 11) is -1.16. The van der Waals surface area contributed by atoms with E-state index in [0.717, 1.165) is 6.07 Å². The first-order valence-corrected chi connectivity index (χ1v) is 9.84. The number of hydrogen-bond donors (Lipinski definition) is 3. The molecule has 2 aromatic carbocycles. The van der Waals surface area contributed by atoms with Crippen molar-refractivity contribution in [3.63, 3.8) is 0 Å². The van der Waals surface area contributed by atoms with E-state index in [9.17, 15) is 18.0 Å². The van der Waals surface area contributed by atoms with Crippen LogP contribution in [0.3, 0.4) is 0 Å². The highest BCUT2D eigenvalue weighted by Gasteiger charge is 2.17. The van der Waals surface area contributed by atoms with Crippen molar-refractivity contribution in [1.29, 1.82) is 0 Å². The fourth-order valence-electron chi connectivity index (χ4n) is 2.29. The van der Waals surface area contributed by atoms with Crippen LogP contribution in [0.4, 0.5) is 16.2 Å². The highest BCUT2D eigenvalue weighted by molar-refractivity contribution is 7.89. The Balaban J connectivity index is 2.16. The highest BCUT2D eigenvalue weighted by atomic mass is 32.2. The van der Waals surface area contributed by atoms with Crippen LogP contribution >= 0.6 is 0 Å². The Morgan fingerprint density at radius 2 is 1.69 bits per heavy atom. The number of primary sulfonamides is 1. The van der Waals surface area contributed by atoms with E-state index in [2.05, 4.69) is 10.6 Å². The maximum absolute atomic E-state index is 12.6. The third-order valence-corrected chi connectivity index (χ3v) is 4.54. The highest BCUT2D eigenvalue weighted by Crippen LogP contribution is 2.24. The summed E-state index contributed by atoms with van der Waals surface area (Å²) in [5.41, 5.74) is 0.722. The van der Waals surface area contributed by atoms with E-state index in [4.69, 9.17) is 19.3 Å². The Morgan fingerprint density at radius 1 is 1.00 bits per heavy atom. The van der Waals surface area contributed by atoms with Crippen LogP contribution in [0.2, 0.25) is 0 Å². The van der Waals surface area contributed by atoms with Gasteiger partial charge in [0, 0.05) is 18.5 Å². The molecule has 0 aliphatic rings. The molecule has 2 rings (SSSR count). The van der Waals surface area contributed by atoms with E-state index in [1.165, 1.54) is 32.4 Å². The van der Waals surface area contributed by atoms with Crippen LogP contribution in [0, 0.1) is 0 Å². The van der Waals surface area contributed by atoms with E-state index in [1.54, 1.807) is 18.2 Å². The molecule has 0 bridgehead atoms. The molecule has 0 fully saturated rings. The second kappa shape index (κ2) is 9.87. The van der Waals surface area contributed by atoms with E-state index in [-0.39, 0.29) is 29.4 Å². The van der Waals surface area contributed by atoms with Crippen LogP contribution in [0.1, 0.15) is 10.4 Å². The predicted octanol–water partition coefficient (Wildman–Crippen LogP) is 1.79. The van der Waals surface area contributed by atoms with E-state index in [1.807, 2.05) is 0 Å². The second-order valence-corrected chi connectivity index (χ2v) is 7.26. The Labute approximate surface area is 168 Å². The third kappa shape index (κ3) is 6.45. The van der Waals surface area contributed by atoms with Gasteiger partial charge in [-0.15, -0.1) is 0 Å². The van der Waals surface area contributed by atoms with Gasteiger partial charge in [-0.3, -0.25) is 10.1 Å². The molecule has 0 saturated carbocycles. The molecule has 4 N–H and O–H groups in total. The van der Waals surface area contributed by atoms with E-state index in [0.29, 0.717) is 11.4 Å². The normalized spacial score (nSPS) is 10.9. The minimum Gasteiger partial charge on any atom is -0.496 e. The zero-order valence-corrected chi connectivity index (χ0v) is 16.6. The summed E-state index contributed by atoms with van der Waals surface area (Å²) in [6.45, 7) is 0.363. The minimum absolute atomic E-state index is 0.0173. The molecular weight excluding hydrogens is 402 g/mol. The second-order valence-electron chi connectivity index (χ2n) is 5.70. The Morgan fingerprint density at radius 3 is 2.31 bits per heavy atom. The molecule has 0 radical (unpaired) electrons. The Bertz CT molecular complexity index is 993. The summed E-state index contributed by atoms with van der Waals surface area (Å²) < 4.78 is 37.9. The van der Waals surface area contributed by atoms with Gasteiger partial charge in [0.2, 0.25) is 10.0 Å². The summed E-state index contributed by atoms with van der Waals surface area (Å²) in [5.74, 6) is -0.446. The smallest absolute Gasteiger partial charge is 0.411 e. The lowest BCUT2D eigenvalue weighted by atomic mass is 10.1. The van der Waals surface area contributed by atoms with Crippen molar-refractivity contribution in [2.45, 2.75) is 4.90 Å². The number of benzene rings is 2. The average Bonchev–Trinajstić information content (AvgIpc) is 2.67. The minimum atomic E-state index is -3.99. The molecule has 0 aromatic heterocycles. The predicted molar refractivity (Wildman–Crippen MR) is 106 cm³/mol. The number of anilines is 2. The number of amides is 2. The van der Waals surface area contributed by atoms with Crippen molar-refractivity contribution in [3.8, 4) is 5.75 Å². The Kier molecular flexibility index (Phi) is 7.53. The van der Waals surface area contributed by atoms with Gasteiger partial charge >= 0.3 is 6.09 Å². The molecule has 10 nitrogen and oxygen atoms in total. The van der Waals surface area contributed by atoms with Gasteiger partial charge in [-0.2, -0.15) is 0 Å². The van der Waals surface area contributed by atoms with Crippen LogP contribution in [0.25, 0.3) is 0 Å². The lowest BCUT2D eigenvalue weighted by molar-refractivity contribution is 0.102. The number of nitrogens with two attached hydrogens (primary N) is 1. The number of methoxy groups -OCH3 is 2. The third-order valence-electron chi connectivity index (χ3n) is 3.63. The number of hydrogen-bond acceptors (Lipinski definition) is 7. The van der Waals surface area contributed by atoms with Crippen molar-refractivity contribution in [3.05, 3.63) is 48.0 Å². The summed E-state index contributed by atoms with van der Waals surface area (Å²) in [5, 5.41) is 10.2. The van der Waals surface area contributed by atoms with Crippen molar-refractivity contribution < 1.29 is 32.2 Å². The molecule has 2 aromatic rings. The molecule has 0 unspecified atom stereocenters.